The van der Waals surface area contributed by atoms with Gasteiger partial charge in [0.1, 0.15) is 5.60 Å². The van der Waals surface area contributed by atoms with Crippen molar-refractivity contribution in [3.8, 4) is 0 Å². The Labute approximate surface area is 233 Å². The van der Waals surface area contributed by atoms with E-state index in [9.17, 15) is 18.8 Å². The lowest BCUT2D eigenvalue weighted by Gasteiger charge is -2.34. The van der Waals surface area contributed by atoms with E-state index in [4.69, 9.17) is 4.74 Å². The Morgan fingerprint density at radius 1 is 1.10 bits per heavy atom. The number of pyridine rings is 1. The summed E-state index contributed by atoms with van der Waals surface area (Å²) < 4.78 is 20.3. The number of aromatic nitrogens is 1. The second-order valence-corrected chi connectivity index (χ2v) is 11.7. The number of nitrogens with one attached hydrogen (secondary N) is 2. The van der Waals surface area contributed by atoms with Gasteiger partial charge in [-0.05, 0) is 81.7 Å². The second-order valence-electron chi connectivity index (χ2n) is 11.7. The highest BCUT2D eigenvalue weighted by Crippen LogP contribution is 2.48. The van der Waals surface area contributed by atoms with E-state index in [2.05, 4.69) is 15.6 Å². The van der Waals surface area contributed by atoms with E-state index in [0.717, 1.165) is 18.4 Å². The molecule has 210 valence electrons. The Bertz CT molecular complexity index is 1420. The summed E-state index contributed by atoms with van der Waals surface area (Å²) in [5.74, 6) is -0.900. The molecule has 2 aliphatic rings. The zero-order valence-electron chi connectivity index (χ0n) is 23.1. The highest BCUT2D eigenvalue weighted by Gasteiger charge is 2.44. The number of rotatable bonds is 6. The van der Waals surface area contributed by atoms with Crippen molar-refractivity contribution in [3.63, 3.8) is 0 Å². The Kier molecular flexibility index (Phi) is 7.74. The van der Waals surface area contributed by atoms with E-state index >= 15 is 0 Å². The van der Waals surface area contributed by atoms with Gasteiger partial charge in [-0.25, -0.2) is 9.18 Å². The average molecular weight is 547 g/mol. The van der Waals surface area contributed by atoms with E-state index < -0.39 is 11.4 Å². The van der Waals surface area contributed by atoms with E-state index in [0.29, 0.717) is 42.4 Å². The molecule has 2 heterocycles. The highest BCUT2D eigenvalue weighted by molar-refractivity contribution is 5.98. The molecule has 9 heteroatoms. The van der Waals surface area contributed by atoms with E-state index in [1.54, 1.807) is 41.4 Å². The van der Waals surface area contributed by atoms with Crippen molar-refractivity contribution in [1.82, 2.24) is 15.2 Å². The van der Waals surface area contributed by atoms with Gasteiger partial charge in [0.25, 0.3) is 5.91 Å². The number of piperidine rings is 1. The first-order chi connectivity index (χ1) is 19.1. The Morgan fingerprint density at radius 3 is 2.62 bits per heavy atom. The van der Waals surface area contributed by atoms with Crippen LogP contribution in [0.5, 0.6) is 0 Å². The van der Waals surface area contributed by atoms with Crippen LogP contribution in [0.2, 0.25) is 0 Å². The van der Waals surface area contributed by atoms with Crippen LogP contribution in [0.1, 0.15) is 61.9 Å². The number of halogens is 1. The summed E-state index contributed by atoms with van der Waals surface area (Å²) in [6.45, 7) is 7.24. The fraction of sp³-hybridized carbons (Fsp3) is 0.419. The molecule has 1 aliphatic carbocycles. The van der Waals surface area contributed by atoms with E-state index in [1.807, 2.05) is 32.9 Å². The van der Waals surface area contributed by atoms with Gasteiger partial charge in [0.05, 0.1) is 5.69 Å². The third kappa shape index (κ3) is 6.41. The second kappa shape index (κ2) is 11.2. The fourth-order valence-electron chi connectivity index (χ4n) is 5.25. The first-order valence-electron chi connectivity index (χ1n) is 13.8. The molecule has 1 saturated heterocycles. The molecule has 1 aromatic heterocycles. The predicted molar refractivity (Wildman–Crippen MR) is 150 cm³/mol. The molecule has 0 bridgehead atoms. The predicted octanol–water partition coefficient (Wildman–Crippen LogP) is 5.49. The van der Waals surface area contributed by atoms with Gasteiger partial charge in [-0.1, -0.05) is 18.2 Å². The van der Waals surface area contributed by atoms with Crippen LogP contribution in [-0.4, -0.2) is 53.0 Å². The number of anilines is 1. The Hall–Kier alpha value is -4.01. The van der Waals surface area contributed by atoms with Crippen LogP contribution >= 0.6 is 0 Å². The summed E-state index contributed by atoms with van der Waals surface area (Å²) in [5.41, 5.74) is 1.13. The van der Waals surface area contributed by atoms with Crippen LogP contribution < -0.4 is 10.6 Å². The van der Waals surface area contributed by atoms with Crippen molar-refractivity contribution in [2.45, 2.75) is 51.6 Å². The molecular formula is C31H35FN4O4. The minimum absolute atomic E-state index is 0.0332. The van der Waals surface area contributed by atoms with Crippen LogP contribution in [0.25, 0.3) is 10.8 Å². The zero-order chi connectivity index (χ0) is 28.4. The first-order valence-corrected chi connectivity index (χ1v) is 13.8. The van der Waals surface area contributed by atoms with Crippen LogP contribution in [0, 0.1) is 17.7 Å². The van der Waals surface area contributed by atoms with Gasteiger partial charge < -0.3 is 20.3 Å². The molecule has 5 rings (SSSR count). The number of likely N-dealkylation sites (tertiary alicyclic amines) is 1. The maximum absolute atomic E-state index is 14.8. The van der Waals surface area contributed by atoms with Crippen LogP contribution in [-0.2, 0) is 9.53 Å². The number of ether oxygens (including phenoxy) is 1. The number of amides is 3. The standard InChI is InChI=1S/C31H35FN4O4/c1-31(2,3)40-30(39)36-14-4-5-19(18-36)16-34-28(37)21-8-6-20(7-9-21)24-15-25(24)29(38)35-26-11-10-22-17-33-13-12-23(22)27(26)32/h6-13,17,19,24-25H,4-5,14-16,18H2,1-3H3,(H,34,37)(H,35,38)/t19-,24-,25+/m0/s1. The molecule has 2 N–H and O–H groups in total. The zero-order valence-corrected chi connectivity index (χ0v) is 23.1. The fourth-order valence-corrected chi connectivity index (χ4v) is 5.25. The molecule has 3 atom stereocenters. The van der Waals surface area contributed by atoms with Gasteiger partial charge in [-0.15, -0.1) is 0 Å². The third-order valence-corrected chi connectivity index (χ3v) is 7.46. The highest BCUT2D eigenvalue weighted by atomic mass is 19.1. The normalized spacial score (nSPS) is 20.6. The molecular weight excluding hydrogens is 511 g/mol. The third-order valence-electron chi connectivity index (χ3n) is 7.46. The van der Waals surface area contributed by atoms with Crippen molar-refractivity contribution in [2.75, 3.05) is 25.0 Å². The molecule has 2 fully saturated rings. The lowest BCUT2D eigenvalue weighted by Crippen LogP contribution is -2.45. The van der Waals surface area contributed by atoms with Gasteiger partial charge >= 0.3 is 6.09 Å². The molecule has 0 spiro atoms. The Balaban J connectivity index is 1.11. The van der Waals surface area contributed by atoms with Crippen molar-refractivity contribution in [3.05, 3.63) is 71.8 Å². The number of fused-ring (bicyclic) bond motifs is 1. The Morgan fingerprint density at radius 2 is 1.88 bits per heavy atom. The van der Waals surface area contributed by atoms with Gasteiger partial charge in [0.2, 0.25) is 5.91 Å². The number of carbonyl (C=O) groups excluding carboxylic acids is 3. The van der Waals surface area contributed by atoms with Gasteiger partial charge in [0.15, 0.2) is 5.82 Å². The average Bonchev–Trinajstić information content (AvgIpc) is 3.74. The quantitative estimate of drug-likeness (QED) is 0.426. The molecule has 0 unspecified atom stereocenters. The molecule has 40 heavy (non-hydrogen) atoms. The van der Waals surface area contributed by atoms with E-state index in [1.165, 1.54) is 6.20 Å². The number of nitrogens with zero attached hydrogens (tertiary/aromatic N) is 2. The molecule has 3 amide bonds. The molecule has 3 aromatic rings. The van der Waals surface area contributed by atoms with Gasteiger partial charge in [-0.2, -0.15) is 0 Å². The smallest absolute Gasteiger partial charge is 0.410 e. The van der Waals surface area contributed by atoms with Crippen LogP contribution in [0.4, 0.5) is 14.9 Å². The number of benzene rings is 2. The summed E-state index contributed by atoms with van der Waals surface area (Å²) in [5, 5.41) is 6.81. The minimum Gasteiger partial charge on any atom is -0.444 e. The molecule has 0 radical (unpaired) electrons. The summed E-state index contributed by atoms with van der Waals surface area (Å²) in [7, 11) is 0. The molecule has 1 saturated carbocycles. The largest absolute Gasteiger partial charge is 0.444 e. The van der Waals surface area contributed by atoms with E-state index in [-0.39, 0.29) is 41.3 Å². The summed E-state index contributed by atoms with van der Waals surface area (Å²) >= 11 is 0. The molecule has 2 aromatic carbocycles. The molecule has 1 aliphatic heterocycles. The van der Waals surface area contributed by atoms with Crippen molar-refractivity contribution < 1.29 is 23.5 Å². The topological polar surface area (TPSA) is 101 Å². The number of carbonyl (C=O) groups is 3. The maximum atomic E-state index is 14.8. The first kappa shape index (κ1) is 27.6. The summed E-state index contributed by atoms with van der Waals surface area (Å²) in [6, 6.07) is 12.2. The van der Waals surface area contributed by atoms with Crippen molar-refractivity contribution >= 4 is 34.4 Å². The minimum atomic E-state index is -0.540. The maximum Gasteiger partial charge on any atom is 0.410 e. The number of hydrogen-bond donors (Lipinski definition) is 2. The van der Waals surface area contributed by atoms with Crippen LogP contribution in [0.15, 0.2) is 54.9 Å². The van der Waals surface area contributed by atoms with Gasteiger partial charge in [0, 0.05) is 54.3 Å². The van der Waals surface area contributed by atoms with Gasteiger partial charge in [-0.3, -0.25) is 14.6 Å². The van der Waals surface area contributed by atoms with Crippen molar-refractivity contribution in [1.29, 1.82) is 0 Å². The lowest BCUT2D eigenvalue weighted by molar-refractivity contribution is -0.117. The SMILES string of the molecule is CC(C)(C)OC(=O)N1CCC[C@@H](CNC(=O)c2ccc([C@@H]3C[C@H]3C(=O)Nc3ccc4cnccc4c3F)cc2)C1. The number of hydrogen-bond acceptors (Lipinski definition) is 5. The monoisotopic (exact) mass is 546 g/mol. The van der Waals surface area contributed by atoms with Crippen LogP contribution in [0.3, 0.4) is 0 Å². The molecule has 8 nitrogen and oxygen atoms in total. The summed E-state index contributed by atoms with van der Waals surface area (Å²) in [6.07, 6.45) is 5.27. The van der Waals surface area contributed by atoms with Crippen molar-refractivity contribution in [2.24, 2.45) is 11.8 Å². The lowest BCUT2D eigenvalue weighted by atomic mass is 9.98. The summed E-state index contributed by atoms with van der Waals surface area (Å²) in [4.78, 5) is 43.7.